The number of nitrogens with zero attached hydrogens (tertiary/aromatic N) is 4. The van der Waals surface area contributed by atoms with Gasteiger partial charge in [0.25, 0.3) is 5.91 Å². The van der Waals surface area contributed by atoms with Crippen molar-refractivity contribution in [1.82, 2.24) is 20.1 Å². The minimum atomic E-state index is -0.235. The second-order valence-corrected chi connectivity index (χ2v) is 8.26. The monoisotopic (exact) mass is 453 g/mol. The first kappa shape index (κ1) is 24.7. The SMILES string of the molecule is C/C=C(/C(=O)NC(CC)c1ccnc(C#N)c1)c1cnn(-c2ccc(C)cc2)c1/C=C(\C)CC. The van der Waals surface area contributed by atoms with Crippen LogP contribution < -0.4 is 5.32 Å². The highest BCUT2D eigenvalue weighted by atomic mass is 16.1. The summed E-state index contributed by atoms with van der Waals surface area (Å²) in [6.07, 6.45) is 8.85. The lowest BCUT2D eigenvalue weighted by molar-refractivity contribution is -0.116. The molecule has 2 aromatic heterocycles. The molecule has 0 radical (unpaired) electrons. The summed E-state index contributed by atoms with van der Waals surface area (Å²) < 4.78 is 1.88. The molecule has 1 N–H and O–H groups in total. The van der Waals surface area contributed by atoms with Crippen molar-refractivity contribution in [2.45, 2.75) is 53.5 Å². The number of hydrogen-bond donors (Lipinski definition) is 1. The number of allylic oxidation sites excluding steroid dienone is 2. The van der Waals surface area contributed by atoms with Crippen LogP contribution >= 0.6 is 0 Å². The lowest BCUT2D eigenvalue weighted by Crippen LogP contribution is -2.29. The van der Waals surface area contributed by atoms with Crippen molar-refractivity contribution < 1.29 is 4.79 Å². The van der Waals surface area contributed by atoms with Crippen molar-refractivity contribution in [2.75, 3.05) is 0 Å². The molecule has 6 heteroatoms. The third-order valence-electron chi connectivity index (χ3n) is 5.86. The van der Waals surface area contributed by atoms with E-state index >= 15 is 0 Å². The first-order valence-corrected chi connectivity index (χ1v) is 11.6. The Kier molecular flexibility index (Phi) is 8.15. The van der Waals surface area contributed by atoms with Crippen LogP contribution in [0.1, 0.15) is 74.7 Å². The van der Waals surface area contributed by atoms with Crippen molar-refractivity contribution in [2.24, 2.45) is 0 Å². The predicted molar refractivity (Wildman–Crippen MR) is 136 cm³/mol. The van der Waals surface area contributed by atoms with Crippen LogP contribution in [0.3, 0.4) is 0 Å². The smallest absolute Gasteiger partial charge is 0.252 e. The van der Waals surface area contributed by atoms with Crippen LogP contribution in [-0.4, -0.2) is 20.7 Å². The molecule has 3 aromatic rings. The molecule has 0 saturated carbocycles. The average Bonchev–Trinajstić information content (AvgIpc) is 3.26. The fourth-order valence-corrected chi connectivity index (χ4v) is 3.72. The van der Waals surface area contributed by atoms with Crippen LogP contribution in [0.25, 0.3) is 17.3 Å². The molecule has 0 bridgehead atoms. The summed E-state index contributed by atoms with van der Waals surface area (Å²) in [7, 11) is 0. The molecule has 0 aliphatic rings. The first-order chi connectivity index (χ1) is 16.4. The highest BCUT2D eigenvalue weighted by Gasteiger charge is 2.22. The van der Waals surface area contributed by atoms with Gasteiger partial charge in [-0.2, -0.15) is 10.4 Å². The zero-order chi connectivity index (χ0) is 24.7. The Balaban J connectivity index is 2.00. The minimum Gasteiger partial charge on any atom is -0.345 e. The molecule has 1 amide bonds. The van der Waals surface area contributed by atoms with Gasteiger partial charge < -0.3 is 5.32 Å². The van der Waals surface area contributed by atoms with Gasteiger partial charge in [-0.05, 0) is 69.5 Å². The molecule has 0 spiro atoms. The largest absolute Gasteiger partial charge is 0.345 e. The van der Waals surface area contributed by atoms with E-state index in [9.17, 15) is 10.1 Å². The number of benzene rings is 1. The van der Waals surface area contributed by atoms with E-state index in [1.807, 2.05) is 42.8 Å². The van der Waals surface area contributed by atoms with Crippen LogP contribution in [-0.2, 0) is 4.79 Å². The Morgan fingerprint density at radius 2 is 1.97 bits per heavy atom. The van der Waals surface area contributed by atoms with E-state index in [4.69, 9.17) is 0 Å². The number of nitrogens with one attached hydrogen (secondary N) is 1. The van der Waals surface area contributed by atoms with Crippen LogP contribution in [0.4, 0.5) is 0 Å². The molecule has 1 aromatic carbocycles. The molecular formula is C28H31N5O. The maximum atomic E-state index is 13.5. The van der Waals surface area contributed by atoms with E-state index in [1.54, 1.807) is 18.5 Å². The second kappa shape index (κ2) is 11.2. The Labute approximate surface area is 201 Å². The maximum absolute atomic E-state index is 13.5. The number of nitriles is 1. The van der Waals surface area contributed by atoms with Crippen molar-refractivity contribution in [3.8, 4) is 11.8 Å². The summed E-state index contributed by atoms with van der Waals surface area (Å²) in [5.41, 5.74) is 6.70. The molecule has 1 atom stereocenters. The van der Waals surface area contributed by atoms with Crippen molar-refractivity contribution in [3.05, 3.63) is 88.5 Å². The molecule has 34 heavy (non-hydrogen) atoms. The van der Waals surface area contributed by atoms with Gasteiger partial charge in [0.05, 0.1) is 23.6 Å². The van der Waals surface area contributed by atoms with E-state index in [-0.39, 0.29) is 11.9 Å². The number of carbonyl (C=O) groups excluding carboxylic acids is 1. The summed E-state index contributed by atoms with van der Waals surface area (Å²) >= 11 is 0. The summed E-state index contributed by atoms with van der Waals surface area (Å²) in [5.74, 6) is -0.183. The van der Waals surface area contributed by atoms with Crippen molar-refractivity contribution in [3.63, 3.8) is 0 Å². The molecule has 0 aliphatic carbocycles. The molecular weight excluding hydrogens is 422 g/mol. The van der Waals surface area contributed by atoms with Crippen LogP contribution in [0.2, 0.25) is 0 Å². The predicted octanol–water partition coefficient (Wildman–Crippen LogP) is 5.93. The summed E-state index contributed by atoms with van der Waals surface area (Å²) in [6, 6.07) is 13.5. The average molecular weight is 454 g/mol. The third kappa shape index (κ3) is 5.49. The Morgan fingerprint density at radius 3 is 2.59 bits per heavy atom. The lowest BCUT2D eigenvalue weighted by atomic mass is 10.0. The first-order valence-electron chi connectivity index (χ1n) is 11.6. The van der Waals surface area contributed by atoms with Gasteiger partial charge in [0.2, 0.25) is 0 Å². The lowest BCUT2D eigenvalue weighted by Gasteiger charge is -2.19. The topological polar surface area (TPSA) is 83.6 Å². The van der Waals surface area contributed by atoms with E-state index in [0.29, 0.717) is 17.7 Å². The number of aromatic nitrogens is 3. The molecule has 1 unspecified atom stereocenters. The van der Waals surface area contributed by atoms with Crippen LogP contribution in [0, 0.1) is 18.3 Å². The number of rotatable bonds is 8. The number of amides is 1. The highest BCUT2D eigenvalue weighted by Crippen LogP contribution is 2.27. The summed E-state index contributed by atoms with van der Waals surface area (Å²) in [4.78, 5) is 17.5. The maximum Gasteiger partial charge on any atom is 0.252 e. The minimum absolute atomic E-state index is 0.183. The highest BCUT2D eigenvalue weighted by molar-refractivity contribution is 6.20. The van der Waals surface area contributed by atoms with Gasteiger partial charge in [-0.25, -0.2) is 9.67 Å². The van der Waals surface area contributed by atoms with Gasteiger partial charge in [-0.15, -0.1) is 0 Å². The number of hydrogen-bond acceptors (Lipinski definition) is 4. The van der Waals surface area contributed by atoms with Gasteiger partial charge >= 0.3 is 0 Å². The molecule has 6 nitrogen and oxygen atoms in total. The van der Waals surface area contributed by atoms with Gasteiger partial charge in [-0.1, -0.05) is 43.2 Å². The number of carbonyl (C=O) groups is 1. The van der Waals surface area contributed by atoms with Gasteiger partial charge in [-0.3, -0.25) is 4.79 Å². The standard InChI is InChI=1S/C28H31N5O/c1-6-19(4)15-27-25(18-31-33(27)23-11-9-20(5)10-12-23)24(7-2)28(34)32-26(8-3)21-13-14-30-22(16-21)17-29/h7,9-16,18,26H,6,8H2,1-5H3,(H,32,34)/b19-15+,24-7+. The Bertz CT molecular complexity index is 1260. The Morgan fingerprint density at radius 1 is 1.24 bits per heavy atom. The molecule has 3 rings (SSSR count). The quantitative estimate of drug-likeness (QED) is 0.428. The van der Waals surface area contributed by atoms with Crippen molar-refractivity contribution >= 4 is 17.6 Å². The van der Waals surface area contributed by atoms with Crippen LogP contribution in [0.5, 0.6) is 0 Å². The number of aryl methyl sites for hydroxylation is 1. The molecule has 174 valence electrons. The van der Waals surface area contributed by atoms with Crippen molar-refractivity contribution in [1.29, 1.82) is 5.26 Å². The normalized spacial score (nSPS) is 12.8. The molecule has 2 heterocycles. The zero-order valence-corrected chi connectivity index (χ0v) is 20.5. The van der Waals surface area contributed by atoms with E-state index in [0.717, 1.165) is 28.9 Å². The van der Waals surface area contributed by atoms with Gasteiger partial charge in [0.1, 0.15) is 11.8 Å². The van der Waals surface area contributed by atoms with E-state index in [2.05, 4.69) is 60.4 Å². The zero-order valence-electron chi connectivity index (χ0n) is 20.5. The summed E-state index contributed by atoms with van der Waals surface area (Å²) in [5, 5.41) is 17.0. The molecule has 0 saturated heterocycles. The Hall–Kier alpha value is -3.98. The van der Waals surface area contributed by atoms with E-state index in [1.165, 1.54) is 11.1 Å². The molecule has 0 fully saturated rings. The fraction of sp³-hybridized carbons (Fsp3) is 0.286. The van der Waals surface area contributed by atoms with Crippen LogP contribution in [0.15, 0.2) is 60.4 Å². The fourth-order valence-electron chi connectivity index (χ4n) is 3.72. The number of pyridine rings is 1. The van der Waals surface area contributed by atoms with Gasteiger partial charge in [0.15, 0.2) is 0 Å². The van der Waals surface area contributed by atoms with Gasteiger partial charge in [0, 0.05) is 17.3 Å². The summed E-state index contributed by atoms with van der Waals surface area (Å²) in [6.45, 7) is 10.1. The van der Waals surface area contributed by atoms with E-state index < -0.39 is 0 Å². The third-order valence-corrected chi connectivity index (χ3v) is 5.86. The molecule has 0 aliphatic heterocycles. The second-order valence-electron chi connectivity index (χ2n) is 8.26.